The van der Waals surface area contributed by atoms with Gasteiger partial charge in [-0.1, -0.05) is 12.1 Å². The Bertz CT molecular complexity index is 709. The smallest absolute Gasteiger partial charge is 0.305 e. The standard InChI is InChI=1S/C15H14N2O5/c1-9-6-7-12(21-9)14(18)16-17-15(19)13-8-20-10-4-2-3-5-11(10)22-13/h2-7,13H,8H2,1H3,(H,16,18)(H,17,19). The van der Waals surface area contributed by atoms with Crippen LogP contribution < -0.4 is 20.3 Å². The van der Waals surface area contributed by atoms with Gasteiger partial charge in [-0.15, -0.1) is 0 Å². The average Bonchev–Trinajstić information content (AvgIpc) is 2.98. The molecule has 22 heavy (non-hydrogen) atoms. The maximum atomic E-state index is 12.0. The van der Waals surface area contributed by atoms with Crippen LogP contribution in [0.4, 0.5) is 0 Å². The van der Waals surface area contributed by atoms with E-state index in [1.807, 2.05) is 6.07 Å². The lowest BCUT2D eigenvalue weighted by molar-refractivity contribution is -0.131. The van der Waals surface area contributed by atoms with E-state index in [0.717, 1.165) is 0 Å². The maximum absolute atomic E-state index is 12.0. The highest BCUT2D eigenvalue weighted by Gasteiger charge is 2.27. The van der Waals surface area contributed by atoms with Gasteiger partial charge in [0.05, 0.1) is 0 Å². The fourth-order valence-corrected chi connectivity index (χ4v) is 1.97. The molecule has 7 nitrogen and oxygen atoms in total. The number of hydrogen-bond donors (Lipinski definition) is 2. The normalized spacial score (nSPS) is 16.0. The van der Waals surface area contributed by atoms with Gasteiger partial charge >= 0.3 is 5.91 Å². The zero-order chi connectivity index (χ0) is 15.5. The van der Waals surface area contributed by atoms with Crippen molar-refractivity contribution >= 4 is 11.8 Å². The highest BCUT2D eigenvalue weighted by molar-refractivity contribution is 5.93. The second-order valence-electron chi connectivity index (χ2n) is 4.72. The fourth-order valence-electron chi connectivity index (χ4n) is 1.97. The Hall–Kier alpha value is -2.96. The van der Waals surface area contributed by atoms with Gasteiger partial charge in [0.2, 0.25) is 6.10 Å². The van der Waals surface area contributed by atoms with Gasteiger partial charge in [0, 0.05) is 0 Å². The highest BCUT2D eigenvalue weighted by Crippen LogP contribution is 2.30. The molecule has 2 N–H and O–H groups in total. The van der Waals surface area contributed by atoms with Gasteiger partial charge in [-0.05, 0) is 31.2 Å². The molecule has 1 unspecified atom stereocenters. The van der Waals surface area contributed by atoms with Crippen molar-refractivity contribution in [3.8, 4) is 11.5 Å². The molecule has 114 valence electrons. The molecule has 2 heterocycles. The number of hydrogen-bond acceptors (Lipinski definition) is 5. The predicted molar refractivity (Wildman–Crippen MR) is 75.4 cm³/mol. The van der Waals surface area contributed by atoms with Crippen LogP contribution in [0.1, 0.15) is 16.3 Å². The van der Waals surface area contributed by atoms with Gasteiger partial charge in [0.15, 0.2) is 17.3 Å². The molecule has 1 aliphatic heterocycles. The lowest BCUT2D eigenvalue weighted by Gasteiger charge is -2.25. The van der Waals surface area contributed by atoms with Gasteiger partial charge in [-0.2, -0.15) is 0 Å². The van der Waals surface area contributed by atoms with Crippen molar-refractivity contribution in [2.24, 2.45) is 0 Å². The summed E-state index contributed by atoms with van der Waals surface area (Å²) in [6, 6.07) is 10.2. The summed E-state index contributed by atoms with van der Waals surface area (Å²) in [5.74, 6) is 0.745. The lowest BCUT2D eigenvalue weighted by Crippen LogP contribution is -2.50. The first-order valence-corrected chi connectivity index (χ1v) is 6.68. The molecule has 3 rings (SSSR count). The number of furan rings is 1. The maximum Gasteiger partial charge on any atom is 0.305 e. The lowest BCUT2D eigenvalue weighted by atomic mass is 10.2. The topological polar surface area (TPSA) is 89.8 Å². The predicted octanol–water partition coefficient (Wildman–Crippen LogP) is 1.19. The largest absolute Gasteiger partial charge is 0.485 e. The number of nitrogens with one attached hydrogen (secondary N) is 2. The van der Waals surface area contributed by atoms with Crippen molar-refractivity contribution in [2.75, 3.05) is 6.61 Å². The van der Waals surface area contributed by atoms with Gasteiger partial charge in [-0.25, -0.2) is 0 Å². The fraction of sp³-hybridized carbons (Fsp3) is 0.200. The molecule has 1 aromatic heterocycles. The zero-order valence-electron chi connectivity index (χ0n) is 11.8. The zero-order valence-corrected chi connectivity index (χ0v) is 11.8. The summed E-state index contributed by atoms with van der Waals surface area (Å²) < 4.78 is 16.1. The number of ether oxygens (including phenoxy) is 2. The first-order chi connectivity index (χ1) is 10.6. The summed E-state index contributed by atoms with van der Waals surface area (Å²) in [4.78, 5) is 23.7. The van der Waals surface area contributed by atoms with Gasteiger partial charge in [0.1, 0.15) is 12.4 Å². The molecule has 7 heteroatoms. The van der Waals surface area contributed by atoms with Crippen LogP contribution in [-0.2, 0) is 4.79 Å². The third kappa shape index (κ3) is 2.88. The second kappa shape index (κ2) is 5.80. The Morgan fingerprint density at radius 2 is 1.86 bits per heavy atom. The number of hydrazine groups is 1. The van der Waals surface area contributed by atoms with E-state index in [4.69, 9.17) is 13.9 Å². The van der Waals surface area contributed by atoms with E-state index in [0.29, 0.717) is 17.3 Å². The van der Waals surface area contributed by atoms with Crippen molar-refractivity contribution in [1.29, 1.82) is 0 Å². The number of carbonyl (C=O) groups excluding carboxylic acids is 2. The number of rotatable bonds is 2. The first-order valence-electron chi connectivity index (χ1n) is 6.68. The summed E-state index contributed by atoms with van der Waals surface area (Å²) in [5, 5.41) is 0. The van der Waals surface area contributed by atoms with Crippen molar-refractivity contribution in [3.05, 3.63) is 47.9 Å². The monoisotopic (exact) mass is 302 g/mol. The summed E-state index contributed by atoms with van der Waals surface area (Å²) in [6.45, 7) is 1.79. The van der Waals surface area contributed by atoms with Crippen LogP contribution in [0.3, 0.4) is 0 Å². The number of carbonyl (C=O) groups is 2. The van der Waals surface area contributed by atoms with E-state index < -0.39 is 17.9 Å². The Morgan fingerprint density at radius 1 is 1.09 bits per heavy atom. The number of fused-ring (bicyclic) bond motifs is 1. The summed E-state index contributed by atoms with van der Waals surface area (Å²) in [7, 11) is 0. The molecule has 0 radical (unpaired) electrons. The van der Waals surface area contributed by atoms with Crippen molar-refractivity contribution in [3.63, 3.8) is 0 Å². The summed E-state index contributed by atoms with van der Waals surface area (Å²) in [5.41, 5.74) is 4.55. The Kier molecular flexibility index (Phi) is 3.69. The Labute approximate surface area is 126 Å². The first kappa shape index (κ1) is 14.0. The van der Waals surface area contributed by atoms with E-state index in [9.17, 15) is 9.59 Å². The Balaban J connectivity index is 1.56. The molecule has 2 aromatic rings. The van der Waals surface area contributed by atoms with Crippen LogP contribution in [-0.4, -0.2) is 24.5 Å². The molecule has 0 fully saturated rings. The van der Waals surface area contributed by atoms with Crippen molar-refractivity contribution < 1.29 is 23.5 Å². The minimum absolute atomic E-state index is 0.0680. The Morgan fingerprint density at radius 3 is 2.59 bits per heavy atom. The van der Waals surface area contributed by atoms with E-state index >= 15 is 0 Å². The molecule has 1 atom stereocenters. The molecule has 2 amide bonds. The molecular weight excluding hydrogens is 288 g/mol. The number of aryl methyl sites for hydroxylation is 1. The van der Waals surface area contributed by atoms with E-state index in [2.05, 4.69) is 10.9 Å². The molecule has 0 aliphatic carbocycles. The number of para-hydroxylation sites is 2. The van der Waals surface area contributed by atoms with Crippen LogP contribution in [0, 0.1) is 6.92 Å². The molecule has 0 saturated carbocycles. The molecule has 1 aromatic carbocycles. The van der Waals surface area contributed by atoms with E-state index in [1.165, 1.54) is 6.07 Å². The summed E-state index contributed by atoms with van der Waals surface area (Å²) >= 11 is 0. The van der Waals surface area contributed by atoms with Crippen LogP contribution >= 0.6 is 0 Å². The molecule has 0 saturated heterocycles. The SMILES string of the molecule is Cc1ccc(C(=O)NNC(=O)C2COc3ccccc3O2)o1. The quantitative estimate of drug-likeness (QED) is 0.813. The molecule has 1 aliphatic rings. The van der Waals surface area contributed by atoms with Crippen molar-refractivity contribution in [1.82, 2.24) is 10.9 Å². The van der Waals surface area contributed by atoms with Crippen LogP contribution in [0.2, 0.25) is 0 Å². The van der Waals surface area contributed by atoms with E-state index in [-0.39, 0.29) is 12.4 Å². The van der Waals surface area contributed by atoms with Gasteiger partial charge in [0.25, 0.3) is 5.91 Å². The average molecular weight is 302 g/mol. The number of benzene rings is 1. The third-order valence-electron chi connectivity index (χ3n) is 3.06. The summed E-state index contributed by atoms with van der Waals surface area (Å²) in [6.07, 6.45) is -0.839. The van der Waals surface area contributed by atoms with Gasteiger partial charge in [-0.3, -0.25) is 20.4 Å². The number of amides is 2. The van der Waals surface area contributed by atoms with E-state index in [1.54, 1.807) is 31.2 Å². The van der Waals surface area contributed by atoms with Crippen molar-refractivity contribution in [2.45, 2.75) is 13.0 Å². The molecular formula is C15H14N2O5. The molecule has 0 bridgehead atoms. The molecule has 0 spiro atoms. The third-order valence-corrected chi connectivity index (χ3v) is 3.06. The van der Waals surface area contributed by atoms with Gasteiger partial charge < -0.3 is 13.9 Å². The minimum atomic E-state index is -0.839. The highest BCUT2D eigenvalue weighted by atomic mass is 16.6. The second-order valence-corrected chi connectivity index (χ2v) is 4.72. The minimum Gasteiger partial charge on any atom is -0.485 e. The van der Waals surface area contributed by atoms with Crippen LogP contribution in [0.25, 0.3) is 0 Å². The van der Waals surface area contributed by atoms with Crippen LogP contribution in [0.15, 0.2) is 40.8 Å². The van der Waals surface area contributed by atoms with Crippen LogP contribution in [0.5, 0.6) is 11.5 Å².